The molecular formula is C16H15ClN2O3. The summed E-state index contributed by atoms with van der Waals surface area (Å²) in [6.07, 6.45) is 0. The number of hydrogen-bond donors (Lipinski definition) is 2. The highest BCUT2D eigenvalue weighted by Gasteiger charge is 2.08. The molecule has 6 heteroatoms. The van der Waals surface area contributed by atoms with Crippen LogP contribution in [0.4, 0.5) is 0 Å². The Morgan fingerprint density at radius 3 is 2.50 bits per heavy atom. The Labute approximate surface area is 133 Å². The van der Waals surface area contributed by atoms with Gasteiger partial charge in [-0.1, -0.05) is 29.8 Å². The van der Waals surface area contributed by atoms with E-state index in [9.17, 15) is 9.59 Å². The zero-order chi connectivity index (χ0) is 15.9. The highest BCUT2D eigenvalue weighted by molar-refractivity contribution is 6.30. The van der Waals surface area contributed by atoms with Gasteiger partial charge in [0, 0.05) is 10.6 Å². The predicted molar refractivity (Wildman–Crippen MR) is 83.7 cm³/mol. The minimum atomic E-state index is -0.460. The molecule has 2 rings (SSSR count). The molecule has 0 saturated heterocycles. The van der Waals surface area contributed by atoms with Crippen molar-refractivity contribution in [3.8, 4) is 5.75 Å². The maximum atomic E-state index is 11.7. The van der Waals surface area contributed by atoms with Crippen molar-refractivity contribution in [2.24, 2.45) is 0 Å². The molecule has 22 heavy (non-hydrogen) atoms. The fraction of sp³-hybridized carbons (Fsp3) is 0.125. The molecule has 114 valence electrons. The minimum absolute atomic E-state index is 0.211. The first kappa shape index (κ1) is 15.9. The second kappa shape index (κ2) is 7.47. The number of carbonyl (C=O) groups excluding carboxylic acids is 2. The number of rotatable bonds is 4. The summed E-state index contributed by atoms with van der Waals surface area (Å²) in [5, 5.41) is 0.601. The molecule has 0 aliphatic heterocycles. The van der Waals surface area contributed by atoms with Crippen molar-refractivity contribution in [1.29, 1.82) is 0 Å². The average Bonchev–Trinajstić information content (AvgIpc) is 2.52. The van der Waals surface area contributed by atoms with E-state index in [4.69, 9.17) is 16.3 Å². The lowest BCUT2D eigenvalue weighted by atomic mass is 10.2. The molecule has 2 aromatic carbocycles. The first-order chi connectivity index (χ1) is 10.6. The van der Waals surface area contributed by atoms with Gasteiger partial charge in [0.25, 0.3) is 11.8 Å². The van der Waals surface area contributed by atoms with E-state index in [1.165, 1.54) is 0 Å². The van der Waals surface area contributed by atoms with Crippen molar-refractivity contribution in [2.45, 2.75) is 6.92 Å². The van der Waals surface area contributed by atoms with Crippen LogP contribution in [0.25, 0.3) is 0 Å². The zero-order valence-corrected chi connectivity index (χ0v) is 12.7. The third-order valence-electron chi connectivity index (χ3n) is 2.85. The van der Waals surface area contributed by atoms with Gasteiger partial charge in [-0.3, -0.25) is 20.4 Å². The second-order valence-corrected chi connectivity index (χ2v) is 5.00. The van der Waals surface area contributed by atoms with E-state index in [2.05, 4.69) is 10.9 Å². The quantitative estimate of drug-likeness (QED) is 0.851. The van der Waals surface area contributed by atoms with E-state index < -0.39 is 11.8 Å². The van der Waals surface area contributed by atoms with Gasteiger partial charge in [-0.25, -0.2) is 0 Å². The summed E-state index contributed by atoms with van der Waals surface area (Å²) in [6.45, 7) is 1.62. The number of carbonyl (C=O) groups is 2. The molecule has 2 amide bonds. The molecule has 0 aromatic heterocycles. The molecule has 5 nitrogen and oxygen atoms in total. The van der Waals surface area contributed by atoms with Gasteiger partial charge in [-0.15, -0.1) is 0 Å². The molecule has 0 unspecified atom stereocenters. The van der Waals surface area contributed by atoms with E-state index in [1.807, 2.05) is 6.92 Å². The fourth-order valence-electron chi connectivity index (χ4n) is 1.74. The highest BCUT2D eigenvalue weighted by Crippen LogP contribution is 2.21. The normalized spacial score (nSPS) is 9.91. The van der Waals surface area contributed by atoms with E-state index in [0.29, 0.717) is 16.3 Å². The Hall–Kier alpha value is -2.53. The van der Waals surface area contributed by atoms with Gasteiger partial charge in [0.1, 0.15) is 5.75 Å². The summed E-state index contributed by atoms with van der Waals surface area (Å²) in [5.74, 6) is -0.288. The molecule has 0 spiro atoms. The lowest BCUT2D eigenvalue weighted by Gasteiger charge is -2.10. The summed E-state index contributed by atoms with van der Waals surface area (Å²) >= 11 is 5.84. The zero-order valence-electron chi connectivity index (χ0n) is 11.9. The third kappa shape index (κ3) is 4.49. The van der Waals surface area contributed by atoms with Crippen molar-refractivity contribution in [2.75, 3.05) is 6.61 Å². The molecule has 2 aromatic rings. The lowest BCUT2D eigenvalue weighted by Crippen LogP contribution is -2.43. The molecule has 0 heterocycles. The molecule has 0 bridgehead atoms. The van der Waals surface area contributed by atoms with Crippen molar-refractivity contribution >= 4 is 23.4 Å². The first-order valence-electron chi connectivity index (χ1n) is 6.59. The second-order valence-electron chi connectivity index (χ2n) is 4.57. The summed E-state index contributed by atoms with van der Waals surface area (Å²) in [7, 11) is 0. The van der Waals surface area contributed by atoms with Crippen LogP contribution in [0.3, 0.4) is 0 Å². The third-order valence-corrected chi connectivity index (χ3v) is 3.08. The molecule has 0 aliphatic carbocycles. The molecule has 0 fully saturated rings. The van der Waals surface area contributed by atoms with Gasteiger partial charge in [0.2, 0.25) is 0 Å². The molecule has 2 N–H and O–H groups in total. The van der Waals surface area contributed by atoms with Crippen molar-refractivity contribution in [3.63, 3.8) is 0 Å². The Morgan fingerprint density at radius 1 is 1.09 bits per heavy atom. The van der Waals surface area contributed by atoms with Gasteiger partial charge in [0.15, 0.2) is 6.61 Å². The van der Waals surface area contributed by atoms with Crippen LogP contribution in [-0.2, 0) is 4.79 Å². The van der Waals surface area contributed by atoms with E-state index in [-0.39, 0.29) is 6.61 Å². The van der Waals surface area contributed by atoms with Gasteiger partial charge in [-0.2, -0.15) is 0 Å². The Balaban J connectivity index is 1.80. The van der Waals surface area contributed by atoms with Crippen molar-refractivity contribution < 1.29 is 14.3 Å². The number of nitrogens with one attached hydrogen (secondary N) is 2. The molecule has 0 atom stereocenters. The summed E-state index contributed by atoms with van der Waals surface area (Å²) < 4.78 is 5.37. The number of hydrogen-bond acceptors (Lipinski definition) is 3. The number of amides is 2. The van der Waals surface area contributed by atoms with Crippen LogP contribution in [0.5, 0.6) is 5.75 Å². The number of aryl methyl sites for hydroxylation is 1. The lowest BCUT2D eigenvalue weighted by molar-refractivity contribution is -0.123. The van der Waals surface area contributed by atoms with Crippen LogP contribution >= 0.6 is 11.6 Å². The number of benzene rings is 2. The Kier molecular flexibility index (Phi) is 5.38. The van der Waals surface area contributed by atoms with Gasteiger partial charge >= 0.3 is 0 Å². The fourth-order valence-corrected chi connectivity index (χ4v) is 1.97. The maximum absolute atomic E-state index is 11.7. The van der Waals surface area contributed by atoms with Crippen molar-refractivity contribution in [3.05, 3.63) is 64.7 Å². The predicted octanol–water partition coefficient (Wildman–Crippen LogP) is 2.49. The van der Waals surface area contributed by atoms with Crippen LogP contribution in [0.15, 0.2) is 48.5 Å². The standard InChI is InChI=1S/C16H15ClN2O3/c1-11-9-13(17)7-8-14(11)22-10-15(20)18-19-16(21)12-5-3-2-4-6-12/h2-9H,10H2,1H3,(H,18,20)(H,19,21). The summed E-state index contributed by atoms with van der Waals surface area (Å²) in [6, 6.07) is 13.7. The van der Waals surface area contributed by atoms with Crippen LogP contribution in [-0.4, -0.2) is 18.4 Å². The van der Waals surface area contributed by atoms with E-state index in [1.54, 1.807) is 48.5 Å². The average molecular weight is 319 g/mol. The number of hydrazine groups is 1. The number of ether oxygens (including phenoxy) is 1. The minimum Gasteiger partial charge on any atom is -0.483 e. The van der Waals surface area contributed by atoms with Gasteiger partial charge in [0.05, 0.1) is 0 Å². The van der Waals surface area contributed by atoms with Crippen LogP contribution < -0.4 is 15.6 Å². The van der Waals surface area contributed by atoms with Gasteiger partial charge < -0.3 is 4.74 Å². The molecular weight excluding hydrogens is 304 g/mol. The smallest absolute Gasteiger partial charge is 0.276 e. The van der Waals surface area contributed by atoms with E-state index >= 15 is 0 Å². The SMILES string of the molecule is Cc1cc(Cl)ccc1OCC(=O)NNC(=O)c1ccccc1. The van der Waals surface area contributed by atoms with Gasteiger partial charge in [-0.05, 0) is 42.8 Å². The summed E-state index contributed by atoms with van der Waals surface area (Å²) in [4.78, 5) is 23.4. The Bertz CT molecular complexity index is 674. The van der Waals surface area contributed by atoms with E-state index in [0.717, 1.165) is 5.56 Å². The molecule has 0 radical (unpaired) electrons. The monoisotopic (exact) mass is 318 g/mol. The molecule has 0 saturated carbocycles. The topological polar surface area (TPSA) is 67.4 Å². The van der Waals surface area contributed by atoms with Crippen molar-refractivity contribution in [1.82, 2.24) is 10.9 Å². The van der Waals surface area contributed by atoms with Crippen LogP contribution in [0.1, 0.15) is 15.9 Å². The van der Waals surface area contributed by atoms with Crippen LogP contribution in [0, 0.1) is 6.92 Å². The first-order valence-corrected chi connectivity index (χ1v) is 6.97. The van der Waals surface area contributed by atoms with Crippen LogP contribution in [0.2, 0.25) is 5.02 Å². The summed E-state index contributed by atoms with van der Waals surface area (Å²) in [5.41, 5.74) is 5.89. The maximum Gasteiger partial charge on any atom is 0.276 e. The Morgan fingerprint density at radius 2 is 1.82 bits per heavy atom. The largest absolute Gasteiger partial charge is 0.483 e. The number of halogens is 1. The highest BCUT2D eigenvalue weighted by atomic mass is 35.5. The molecule has 0 aliphatic rings.